The summed E-state index contributed by atoms with van der Waals surface area (Å²) in [4.78, 5) is 8.61. The predicted molar refractivity (Wildman–Crippen MR) is 111 cm³/mol. The highest BCUT2D eigenvalue weighted by Gasteiger charge is 2.19. The highest BCUT2D eigenvalue weighted by atomic mass is 127. The fraction of sp³-hybridized carbons (Fsp3) is 0.353. The minimum atomic E-state index is -0.770. The maximum absolute atomic E-state index is 9.98. The lowest BCUT2D eigenvalue weighted by Gasteiger charge is -2.36. The number of halogens is 2. The van der Waals surface area contributed by atoms with Gasteiger partial charge in [0.2, 0.25) is 0 Å². The molecule has 1 fully saturated rings. The molecule has 0 aliphatic carbocycles. The number of benzene rings is 1. The number of aliphatic hydroxyl groups excluding tert-OH is 1. The summed E-state index contributed by atoms with van der Waals surface area (Å²) in [6.07, 6.45) is 0.760. The van der Waals surface area contributed by atoms with E-state index in [9.17, 15) is 5.11 Å². The minimum Gasteiger partial charge on any atom is -0.467 e. The van der Waals surface area contributed by atoms with Gasteiger partial charge in [-0.1, -0.05) is 11.6 Å². The Morgan fingerprint density at radius 2 is 1.88 bits per heavy atom. The number of hydrogen-bond donors (Lipinski definition) is 2. The van der Waals surface area contributed by atoms with Crippen molar-refractivity contribution < 1.29 is 9.52 Å². The second-order valence-corrected chi connectivity index (χ2v) is 6.12. The van der Waals surface area contributed by atoms with Crippen LogP contribution >= 0.6 is 35.6 Å². The number of guanidine groups is 1. The van der Waals surface area contributed by atoms with E-state index in [0.29, 0.717) is 11.7 Å². The van der Waals surface area contributed by atoms with Crippen LogP contribution in [0.2, 0.25) is 5.02 Å². The molecule has 1 aliphatic heterocycles. The Hall–Kier alpha value is -1.45. The van der Waals surface area contributed by atoms with Crippen LogP contribution in [0.5, 0.6) is 0 Å². The van der Waals surface area contributed by atoms with Crippen molar-refractivity contribution in [3.8, 4) is 0 Å². The number of hydrogen-bond acceptors (Lipinski definition) is 4. The standard InChI is InChI=1S/C17H21ClN4O2.HI/c18-13-3-5-14(6-4-13)21-7-9-22(10-8-21)17(19)20-12-15(23)16-2-1-11-24-16;/h1-6,11,15,23H,7-10,12H2,(H2,19,20);1H. The van der Waals surface area contributed by atoms with Gasteiger partial charge in [0, 0.05) is 36.9 Å². The Bertz CT molecular complexity index is 670. The fourth-order valence-electron chi connectivity index (χ4n) is 2.70. The first-order chi connectivity index (χ1) is 11.6. The molecule has 2 aromatic rings. The van der Waals surface area contributed by atoms with E-state index in [-0.39, 0.29) is 30.5 Å². The molecule has 1 atom stereocenters. The highest BCUT2D eigenvalue weighted by molar-refractivity contribution is 14.0. The van der Waals surface area contributed by atoms with Crippen molar-refractivity contribution in [3.05, 3.63) is 53.4 Å². The zero-order chi connectivity index (χ0) is 16.9. The largest absolute Gasteiger partial charge is 0.467 e. The lowest BCUT2D eigenvalue weighted by atomic mass is 10.2. The Balaban J connectivity index is 0.00000225. The second kappa shape index (κ2) is 9.30. The molecular formula is C17H22ClIN4O2. The van der Waals surface area contributed by atoms with Gasteiger partial charge in [-0.25, -0.2) is 0 Å². The Morgan fingerprint density at radius 1 is 1.20 bits per heavy atom. The normalized spacial score (nSPS) is 16.5. The van der Waals surface area contributed by atoms with Gasteiger partial charge < -0.3 is 25.1 Å². The van der Waals surface area contributed by atoms with E-state index >= 15 is 0 Å². The predicted octanol–water partition coefficient (Wildman–Crippen LogP) is 2.72. The van der Waals surface area contributed by atoms with Gasteiger partial charge in [-0.05, 0) is 36.4 Å². The quantitative estimate of drug-likeness (QED) is 0.403. The van der Waals surface area contributed by atoms with Gasteiger partial charge >= 0.3 is 0 Å². The minimum absolute atomic E-state index is 0. The summed E-state index contributed by atoms with van der Waals surface area (Å²) in [5, 5.41) is 10.7. The monoisotopic (exact) mass is 476 g/mol. The molecule has 8 heteroatoms. The van der Waals surface area contributed by atoms with Crippen molar-refractivity contribution in [1.29, 1.82) is 0 Å². The summed E-state index contributed by atoms with van der Waals surface area (Å²) in [6, 6.07) is 11.3. The van der Waals surface area contributed by atoms with E-state index in [4.69, 9.17) is 21.8 Å². The van der Waals surface area contributed by atoms with Gasteiger partial charge in [0.25, 0.3) is 0 Å². The number of anilines is 1. The van der Waals surface area contributed by atoms with Crippen molar-refractivity contribution >= 4 is 47.2 Å². The van der Waals surface area contributed by atoms with Gasteiger partial charge in [0.1, 0.15) is 11.9 Å². The molecule has 1 aliphatic rings. The van der Waals surface area contributed by atoms with Crippen molar-refractivity contribution in [1.82, 2.24) is 4.90 Å². The summed E-state index contributed by atoms with van der Waals surface area (Å²) in [5.74, 6) is 0.954. The third-order valence-electron chi connectivity index (χ3n) is 4.09. The molecule has 0 bridgehead atoms. The Morgan fingerprint density at radius 3 is 2.48 bits per heavy atom. The lowest BCUT2D eigenvalue weighted by molar-refractivity contribution is 0.158. The average Bonchev–Trinajstić information content (AvgIpc) is 3.15. The summed E-state index contributed by atoms with van der Waals surface area (Å²) in [5.41, 5.74) is 7.21. The van der Waals surface area contributed by atoms with Gasteiger partial charge in [-0.2, -0.15) is 0 Å². The van der Waals surface area contributed by atoms with Gasteiger partial charge in [0.05, 0.1) is 12.8 Å². The van der Waals surface area contributed by atoms with Crippen LogP contribution in [-0.2, 0) is 0 Å². The number of aliphatic hydroxyl groups is 1. The fourth-order valence-corrected chi connectivity index (χ4v) is 2.82. The van der Waals surface area contributed by atoms with E-state index in [1.54, 1.807) is 12.1 Å². The molecule has 2 heterocycles. The summed E-state index contributed by atoms with van der Waals surface area (Å²) in [7, 11) is 0. The van der Waals surface area contributed by atoms with Crippen LogP contribution in [0.1, 0.15) is 11.9 Å². The van der Waals surface area contributed by atoms with Crippen molar-refractivity contribution in [2.45, 2.75) is 6.10 Å². The summed E-state index contributed by atoms with van der Waals surface area (Å²) < 4.78 is 5.15. The first kappa shape index (κ1) is 19.9. The zero-order valence-corrected chi connectivity index (χ0v) is 16.8. The van der Waals surface area contributed by atoms with Gasteiger partial charge in [0.15, 0.2) is 5.96 Å². The second-order valence-electron chi connectivity index (χ2n) is 5.68. The molecule has 3 N–H and O–H groups in total. The Kier molecular flexibility index (Phi) is 7.39. The smallest absolute Gasteiger partial charge is 0.191 e. The van der Waals surface area contributed by atoms with Crippen LogP contribution in [0.15, 0.2) is 52.1 Å². The zero-order valence-electron chi connectivity index (χ0n) is 13.7. The van der Waals surface area contributed by atoms with E-state index in [2.05, 4.69) is 9.89 Å². The van der Waals surface area contributed by atoms with Crippen LogP contribution < -0.4 is 10.6 Å². The number of piperazine rings is 1. The molecule has 1 unspecified atom stereocenters. The maximum atomic E-state index is 9.98. The van der Waals surface area contributed by atoms with Crippen LogP contribution in [0.3, 0.4) is 0 Å². The first-order valence-electron chi connectivity index (χ1n) is 7.90. The molecular weight excluding hydrogens is 455 g/mol. The number of nitrogens with two attached hydrogens (primary N) is 1. The molecule has 0 spiro atoms. The summed E-state index contributed by atoms with van der Waals surface area (Å²) in [6.45, 7) is 3.48. The molecule has 0 saturated carbocycles. The average molecular weight is 477 g/mol. The molecule has 0 amide bonds. The first-order valence-corrected chi connectivity index (χ1v) is 8.28. The van der Waals surface area contributed by atoms with Crippen LogP contribution in [0.4, 0.5) is 5.69 Å². The molecule has 0 radical (unpaired) electrons. The third kappa shape index (κ3) is 5.26. The lowest BCUT2D eigenvalue weighted by Crippen LogP contribution is -2.51. The number of rotatable bonds is 4. The van der Waals surface area contributed by atoms with Crippen LogP contribution in [0.25, 0.3) is 0 Å². The van der Waals surface area contributed by atoms with Crippen LogP contribution in [0, 0.1) is 0 Å². The molecule has 136 valence electrons. The molecule has 25 heavy (non-hydrogen) atoms. The van der Waals surface area contributed by atoms with Crippen molar-refractivity contribution in [2.75, 3.05) is 37.6 Å². The summed E-state index contributed by atoms with van der Waals surface area (Å²) >= 11 is 5.93. The molecule has 6 nitrogen and oxygen atoms in total. The number of furan rings is 1. The van der Waals surface area contributed by atoms with Gasteiger partial charge in [-0.3, -0.25) is 4.99 Å². The van der Waals surface area contributed by atoms with E-state index in [1.807, 2.05) is 29.2 Å². The van der Waals surface area contributed by atoms with Crippen molar-refractivity contribution in [2.24, 2.45) is 10.7 Å². The molecule has 1 saturated heterocycles. The van der Waals surface area contributed by atoms with E-state index < -0.39 is 6.10 Å². The molecule has 1 aromatic carbocycles. The SMILES string of the molecule is I.NC(=NCC(O)c1ccco1)N1CCN(c2ccc(Cl)cc2)CC1. The van der Waals surface area contributed by atoms with Crippen molar-refractivity contribution in [3.63, 3.8) is 0 Å². The third-order valence-corrected chi connectivity index (χ3v) is 4.35. The molecule has 1 aromatic heterocycles. The number of aliphatic imine (C=N–C) groups is 1. The maximum Gasteiger partial charge on any atom is 0.191 e. The Labute approximate surface area is 169 Å². The van der Waals surface area contributed by atoms with E-state index in [0.717, 1.165) is 36.9 Å². The number of nitrogens with zero attached hydrogens (tertiary/aromatic N) is 3. The highest BCUT2D eigenvalue weighted by Crippen LogP contribution is 2.19. The van der Waals surface area contributed by atoms with Crippen LogP contribution in [-0.4, -0.2) is 48.7 Å². The molecule has 3 rings (SSSR count). The van der Waals surface area contributed by atoms with Gasteiger partial charge in [-0.15, -0.1) is 24.0 Å². The van der Waals surface area contributed by atoms with E-state index in [1.165, 1.54) is 6.26 Å². The topological polar surface area (TPSA) is 78.2 Å².